The van der Waals surface area contributed by atoms with Crippen molar-refractivity contribution < 1.29 is 14.5 Å². The van der Waals surface area contributed by atoms with Gasteiger partial charge in [0.1, 0.15) is 0 Å². The van der Waals surface area contributed by atoms with E-state index >= 15 is 0 Å². The van der Waals surface area contributed by atoms with Gasteiger partial charge in [-0.05, 0) is 6.07 Å². The Bertz CT molecular complexity index is 488. The standard InChI is InChI=1S/C13H17N3O4/c17-13(15-9-10-7-14-8-10)5-6-20-12-4-2-1-3-11(12)16(18)19/h1-4,10,14H,5-9H2,(H,15,17). The van der Waals surface area contributed by atoms with E-state index in [1.54, 1.807) is 12.1 Å². The number of carbonyl (C=O) groups is 1. The first-order valence-electron chi connectivity index (χ1n) is 6.50. The van der Waals surface area contributed by atoms with Crippen molar-refractivity contribution in [3.8, 4) is 5.75 Å². The Kier molecular flexibility index (Phi) is 4.89. The molecule has 2 N–H and O–H groups in total. The summed E-state index contributed by atoms with van der Waals surface area (Å²) in [6, 6.07) is 6.13. The Labute approximate surface area is 116 Å². The maximum Gasteiger partial charge on any atom is 0.310 e. The highest BCUT2D eigenvalue weighted by molar-refractivity contribution is 5.76. The topological polar surface area (TPSA) is 93.5 Å². The molecule has 1 aliphatic heterocycles. The molecule has 0 aromatic heterocycles. The van der Waals surface area contributed by atoms with Crippen LogP contribution in [0, 0.1) is 16.0 Å². The van der Waals surface area contributed by atoms with Crippen LogP contribution in [-0.4, -0.2) is 37.1 Å². The lowest BCUT2D eigenvalue weighted by molar-refractivity contribution is -0.385. The molecule has 20 heavy (non-hydrogen) atoms. The number of hydrogen-bond donors (Lipinski definition) is 2. The van der Waals surface area contributed by atoms with Gasteiger partial charge in [-0.3, -0.25) is 14.9 Å². The van der Waals surface area contributed by atoms with Crippen LogP contribution < -0.4 is 15.4 Å². The van der Waals surface area contributed by atoms with Gasteiger partial charge in [-0.2, -0.15) is 0 Å². The van der Waals surface area contributed by atoms with Gasteiger partial charge in [0.05, 0.1) is 18.0 Å². The van der Waals surface area contributed by atoms with Crippen LogP contribution in [0.2, 0.25) is 0 Å². The number of amides is 1. The van der Waals surface area contributed by atoms with Crippen LogP contribution >= 0.6 is 0 Å². The van der Waals surface area contributed by atoms with Crippen LogP contribution in [0.5, 0.6) is 5.75 Å². The zero-order chi connectivity index (χ0) is 14.4. The van der Waals surface area contributed by atoms with Crippen LogP contribution in [0.3, 0.4) is 0 Å². The number of rotatable bonds is 7. The van der Waals surface area contributed by atoms with Gasteiger partial charge in [0.2, 0.25) is 5.91 Å². The summed E-state index contributed by atoms with van der Waals surface area (Å²) in [4.78, 5) is 21.8. The molecule has 0 spiro atoms. The Hall–Kier alpha value is -2.15. The van der Waals surface area contributed by atoms with Crippen LogP contribution in [0.15, 0.2) is 24.3 Å². The quantitative estimate of drug-likeness (QED) is 0.566. The molecule has 1 heterocycles. The van der Waals surface area contributed by atoms with E-state index in [0.29, 0.717) is 12.5 Å². The van der Waals surface area contributed by atoms with E-state index in [1.165, 1.54) is 12.1 Å². The third-order valence-corrected chi connectivity index (χ3v) is 3.10. The fraction of sp³-hybridized carbons (Fsp3) is 0.462. The van der Waals surface area contributed by atoms with E-state index in [2.05, 4.69) is 10.6 Å². The van der Waals surface area contributed by atoms with Crippen molar-refractivity contribution in [1.82, 2.24) is 10.6 Å². The third kappa shape index (κ3) is 3.92. The summed E-state index contributed by atoms with van der Waals surface area (Å²) in [7, 11) is 0. The first kappa shape index (κ1) is 14.3. The first-order chi connectivity index (χ1) is 9.66. The Morgan fingerprint density at radius 1 is 1.45 bits per heavy atom. The van der Waals surface area contributed by atoms with Gasteiger partial charge in [-0.1, -0.05) is 12.1 Å². The predicted octanol–water partition coefficient (Wildman–Crippen LogP) is 0.699. The van der Waals surface area contributed by atoms with E-state index in [0.717, 1.165) is 13.1 Å². The van der Waals surface area contributed by atoms with Crippen molar-refractivity contribution in [2.24, 2.45) is 5.92 Å². The monoisotopic (exact) mass is 279 g/mol. The van der Waals surface area contributed by atoms with Gasteiger partial charge in [0, 0.05) is 31.6 Å². The maximum atomic E-state index is 11.6. The van der Waals surface area contributed by atoms with E-state index < -0.39 is 4.92 Å². The number of nitro benzene ring substituents is 1. The molecule has 1 saturated heterocycles. The summed E-state index contributed by atoms with van der Waals surface area (Å²) in [6.07, 6.45) is 0.187. The van der Waals surface area contributed by atoms with Gasteiger partial charge in [-0.25, -0.2) is 0 Å². The molecular formula is C13H17N3O4. The molecule has 0 radical (unpaired) electrons. The van der Waals surface area contributed by atoms with E-state index in [4.69, 9.17) is 4.74 Å². The second kappa shape index (κ2) is 6.85. The van der Waals surface area contributed by atoms with E-state index in [1.807, 2.05) is 0 Å². The normalized spacial score (nSPS) is 14.4. The molecule has 7 nitrogen and oxygen atoms in total. The largest absolute Gasteiger partial charge is 0.486 e. The van der Waals surface area contributed by atoms with Crippen molar-refractivity contribution in [2.75, 3.05) is 26.2 Å². The molecule has 1 aromatic rings. The zero-order valence-electron chi connectivity index (χ0n) is 11.0. The molecule has 1 amide bonds. The Morgan fingerprint density at radius 2 is 2.20 bits per heavy atom. The number of hydrogen-bond acceptors (Lipinski definition) is 5. The summed E-state index contributed by atoms with van der Waals surface area (Å²) >= 11 is 0. The van der Waals surface area contributed by atoms with E-state index in [-0.39, 0.29) is 30.4 Å². The minimum absolute atomic E-state index is 0.0894. The molecule has 0 bridgehead atoms. The second-order valence-corrected chi connectivity index (χ2v) is 4.65. The van der Waals surface area contributed by atoms with Crippen molar-refractivity contribution in [2.45, 2.75) is 6.42 Å². The van der Waals surface area contributed by atoms with E-state index in [9.17, 15) is 14.9 Å². The average Bonchev–Trinajstić information content (AvgIpc) is 2.37. The molecule has 1 aromatic carbocycles. The minimum atomic E-state index is -0.501. The first-order valence-corrected chi connectivity index (χ1v) is 6.50. The van der Waals surface area contributed by atoms with Crippen molar-refractivity contribution in [1.29, 1.82) is 0 Å². The number of nitrogens with zero attached hydrogens (tertiary/aromatic N) is 1. The van der Waals surface area contributed by atoms with Gasteiger partial charge >= 0.3 is 5.69 Å². The Balaban J connectivity index is 1.72. The van der Waals surface area contributed by atoms with Crippen LogP contribution in [-0.2, 0) is 4.79 Å². The Morgan fingerprint density at radius 3 is 2.85 bits per heavy atom. The molecule has 1 fully saturated rings. The van der Waals surface area contributed by atoms with Crippen LogP contribution in [0.1, 0.15) is 6.42 Å². The van der Waals surface area contributed by atoms with Crippen LogP contribution in [0.4, 0.5) is 5.69 Å². The lowest BCUT2D eigenvalue weighted by Crippen LogP contribution is -2.48. The lowest BCUT2D eigenvalue weighted by Gasteiger charge is -2.27. The highest BCUT2D eigenvalue weighted by Crippen LogP contribution is 2.25. The number of nitrogens with one attached hydrogen (secondary N) is 2. The molecule has 0 aliphatic carbocycles. The predicted molar refractivity (Wildman–Crippen MR) is 72.6 cm³/mol. The summed E-state index contributed by atoms with van der Waals surface area (Å²) in [5.74, 6) is 0.596. The molecule has 0 atom stereocenters. The van der Waals surface area contributed by atoms with Crippen molar-refractivity contribution >= 4 is 11.6 Å². The zero-order valence-corrected chi connectivity index (χ0v) is 11.0. The number of carbonyl (C=O) groups excluding carboxylic acids is 1. The number of nitro groups is 1. The summed E-state index contributed by atoms with van der Waals surface area (Å²) in [5.41, 5.74) is -0.0894. The highest BCUT2D eigenvalue weighted by atomic mass is 16.6. The molecule has 1 aliphatic rings. The molecule has 108 valence electrons. The molecular weight excluding hydrogens is 262 g/mol. The van der Waals surface area contributed by atoms with Crippen molar-refractivity contribution in [3.05, 3.63) is 34.4 Å². The fourth-order valence-corrected chi connectivity index (χ4v) is 1.82. The molecule has 0 unspecified atom stereocenters. The summed E-state index contributed by atoms with van der Waals surface area (Å²) < 4.78 is 5.30. The SMILES string of the molecule is O=C(CCOc1ccccc1[N+](=O)[O-])NCC1CNC1. The van der Waals surface area contributed by atoms with Gasteiger partial charge in [-0.15, -0.1) is 0 Å². The van der Waals surface area contributed by atoms with Crippen molar-refractivity contribution in [3.63, 3.8) is 0 Å². The lowest BCUT2D eigenvalue weighted by atomic mass is 10.0. The molecule has 0 saturated carbocycles. The third-order valence-electron chi connectivity index (χ3n) is 3.10. The van der Waals surface area contributed by atoms with Gasteiger partial charge < -0.3 is 15.4 Å². The van der Waals surface area contributed by atoms with Gasteiger partial charge in [0.15, 0.2) is 5.75 Å². The average molecular weight is 279 g/mol. The summed E-state index contributed by atoms with van der Waals surface area (Å²) in [6.45, 7) is 2.66. The number of ether oxygens (including phenoxy) is 1. The molecule has 7 heteroatoms. The fourth-order valence-electron chi connectivity index (χ4n) is 1.82. The van der Waals surface area contributed by atoms with Gasteiger partial charge in [0.25, 0.3) is 0 Å². The maximum absolute atomic E-state index is 11.6. The molecule has 2 rings (SSSR count). The smallest absolute Gasteiger partial charge is 0.310 e. The number of para-hydroxylation sites is 2. The summed E-state index contributed by atoms with van der Waals surface area (Å²) in [5, 5.41) is 16.7. The second-order valence-electron chi connectivity index (χ2n) is 4.65. The van der Waals surface area contributed by atoms with Crippen LogP contribution in [0.25, 0.3) is 0 Å². The highest BCUT2D eigenvalue weighted by Gasteiger charge is 2.17. The minimum Gasteiger partial charge on any atom is -0.486 e. The number of benzene rings is 1.